The molecule has 0 bridgehead atoms. The number of hydrogen-bond donors (Lipinski definition) is 1. The Kier molecular flexibility index (Phi) is 27.6. The SMILES string of the molecule is BrCCBr.BrCCOc1ccccc1.Oc1ccccc1.[Na+].[OH-]. The Morgan fingerprint density at radius 2 is 1.17 bits per heavy atom. The van der Waals surface area contributed by atoms with E-state index in [0.717, 1.165) is 28.3 Å². The molecule has 0 amide bonds. The Balaban J connectivity index is -0.000000273. The van der Waals surface area contributed by atoms with Crippen LogP contribution in [0.15, 0.2) is 60.7 Å². The molecular formula is C16H20Br3NaO3. The molecule has 0 heterocycles. The summed E-state index contributed by atoms with van der Waals surface area (Å²) in [6.45, 7) is 0.726. The van der Waals surface area contributed by atoms with Crippen molar-refractivity contribution in [3.05, 3.63) is 60.7 Å². The average molecular weight is 523 g/mol. The van der Waals surface area contributed by atoms with Gasteiger partial charge in [-0.15, -0.1) is 0 Å². The van der Waals surface area contributed by atoms with Gasteiger partial charge in [0.1, 0.15) is 11.5 Å². The number of phenolic OH excluding ortho intramolecular Hbond substituents is 1. The standard InChI is InChI=1S/C8H9BrO.C6H6O.C2H4Br2.Na.H2O/c9-6-7-10-8-4-2-1-3-5-8;7-6-4-2-1-3-5-6;3-1-2-4;;/h1-5H,6-7H2;1-5,7H;1-2H2;;1H2/q;;;+1;/p-1. The summed E-state index contributed by atoms with van der Waals surface area (Å²) in [5.74, 6) is 1.25. The zero-order valence-corrected chi connectivity index (χ0v) is 19.8. The molecule has 0 saturated heterocycles. The number of benzene rings is 2. The predicted octanol–water partition coefficient (Wildman–Crippen LogP) is 2.46. The fourth-order valence-electron chi connectivity index (χ4n) is 1.10. The van der Waals surface area contributed by atoms with E-state index in [1.807, 2.05) is 36.4 Å². The van der Waals surface area contributed by atoms with Crippen LogP contribution in [0.1, 0.15) is 0 Å². The number of phenols is 1. The zero-order valence-electron chi connectivity index (χ0n) is 13.0. The number of hydrogen-bond acceptors (Lipinski definition) is 3. The molecule has 2 rings (SSSR count). The maximum Gasteiger partial charge on any atom is 1.00 e. The molecule has 2 N–H and O–H groups in total. The minimum Gasteiger partial charge on any atom is -0.870 e. The molecule has 0 aliphatic rings. The maximum atomic E-state index is 8.63. The molecule has 0 atom stereocenters. The second kappa shape index (κ2) is 22.4. The third-order valence-electron chi connectivity index (χ3n) is 1.92. The molecule has 3 nitrogen and oxygen atoms in total. The van der Waals surface area contributed by atoms with Gasteiger partial charge in [-0.1, -0.05) is 84.2 Å². The van der Waals surface area contributed by atoms with Gasteiger partial charge in [-0.05, 0) is 24.3 Å². The molecule has 0 aliphatic carbocycles. The van der Waals surface area contributed by atoms with Gasteiger partial charge in [0.2, 0.25) is 0 Å². The van der Waals surface area contributed by atoms with Crippen LogP contribution in [0.25, 0.3) is 0 Å². The van der Waals surface area contributed by atoms with Gasteiger partial charge in [0.15, 0.2) is 0 Å². The molecule has 0 aliphatic heterocycles. The first-order chi connectivity index (χ1) is 10.2. The first kappa shape index (κ1) is 28.3. The quantitative estimate of drug-likeness (QED) is 0.496. The molecule has 7 heteroatoms. The summed E-state index contributed by atoms with van der Waals surface area (Å²) in [4.78, 5) is 0. The average Bonchev–Trinajstić information content (AvgIpc) is 2.55. The van der Waals surface area contributed by atoms with Crippen molar-refractivity contribution in [3.63, 3.8) is 0 Å². The zero-order chi connectivity index (χ0) is 15.8. The molecule has 0 radical (unpaired) electrons. The van der Waals surface area contributed by atoms with Crippen LogP contribution in [-0.4, -0.2) is 33.2 Å². The maximum absolute atomic E-state index is 8.63. The molecule has 2 aromatic carbocycles. The smallest absolute Gasteiger partial charge is 0.870 e. The van der Waals surface area contributed by atoms with Crippen LogP contribution in [0.2, 0.25) is 0 Å². The van der Waals surface area contributed by atoms with Crippen molar-refractivity contribution in [2.45, 2.75) is 0 Å². The molecular weight excluding hydrogens is 503 g/mol. The summed E-state index contributed by atoms with van der Waals surface area (Å²) in [5, 5.41) is 11.6. The van der Waals surface area contributed by atoms with Crippen molar-refractivity contribution < 1.29 is 44.9 Å². The van der Waals surface area contributed by atoms with Gasteiger partial charge < -0.3 is 15.3 Å². The number of para-hydroxylation sites is 2. The van der Waals surface area contributed by atoms with Gasteiger partial charge in [0.05, 0.1) is 6.61 Å². The Morgan fingerprint density at radius 1 is 0.739 bits per heavy atom. The van der Waals surface area contributed by atoms with Crippen LogP contribution in [-0.2, 0) is 0 Å². The second-order valence-corrected chi connectivity index (χ2v) is 5.94. The fraction of sp³-hybridized carbons (Fsp3) is 0.250. The van der Waals surface area contributed by atoms with E-state index in [2.05, 4.69) is 47.8 Å². The third-order valence-corrected chi connectivity index (χ3v) is 4.10. The Labute approximate surface area is 185 Å². The summed E-state index contributed by atoms with van der Waals surface area (Å²) in [6.07, 6.45) is 0. The molecule has 124 valence electrons. The van der Waals surface area contributed by atoms with Crippen LogP contribution in [0.5, 0.6) is 11.5 Å². The number of ether oxygens (including phenoxy) is 1. The first-order valence-corrected chi connectivity index (χ1v) is 9.70. The van der Waals surface area contributed by atoms with E-state index >= 15 is 0 Å². The van der Waals surface area contributed by atoms with Crippen LogP contribution >= 0.6 is 47.8 Å². The Morgan fingerprint density at radius 3 is 1.48 bits per heavy atom. The summed E-state index contributed by atoms with van der Waals surface area (Å²) in [7, 11) is 0. The molecule has 23 heavy (non-hydrogen) atoms. The van der Waals surface area contributed by atoms with Crippen LogP contribution < -0.4 is 34.3 Å². The normalized spacial score (nSPS) is 7.96. The summed E-state index contributed by atoms with van der Waals surface area (Å²) >= 11 is 9.68. The predicted molar refractivity (Wildman–Crippen MR) is 103 cm³/mol. The molecule has 0 fully saturated rings. The van der Waals surface area contributed by atoms with Crippen molar-refractivity contribution in [2.24, 2.45) is 0 Å². The molecule has 0 aromatic heterocycles. The van der Waals surface area contributed by atoms with Gasteiger partial charge >= 0.3 is 29.6 Å². The van der Waals surface area contributed by atoms with Crippen molar-refractivity contribution in [2.75, 3.05) is 22.6 Å². The van der Waals surface area contributed by atoms with Gasteiger partial charge in [0, 0.05) is 16.0 Å². The minimum absolute atomic E-state index is 0. The molecule has 0 unspecified atom stereocenters. The number of rotatable bonds is 4. The van der Waals surface area contributed by atoms with E-state index in [1.54, 1.807) is 24.3 Å². The van der Waals surface area contributed by atoms with E-state index in [9.17, 15) is 0 Å². The largest absolute Gasteiger partial charge is 1.00 e. The van der Waals surface area contributed by atoms with Crippen molar-refractivity contribution in [1.82, 2.24) is 0 Å². The Bertz CT molecular complexity index is 431. The van der Waals surface area contributed by atoms with E-state index in [1.165, 1.54) is 0 Å². The van der Waals surface area contributed by atoms with Crippen molar-refractivity contribution >= 4 is 47.8 Å². The summed E-state index contributed by atoms with van der Waals surface area (Å²) < 4.78 is 5.31. The third kappa shape index (κ3) is 20.4. The van der Waals surface area contributed by atoms with E-state index in [4.69, 9.17) is 9.84 Å². The van der Waals surface area contributed by atoms with Crippen LogP contribution in [0.3, 0.4) is 0 Å². The van der Waals surface area contributed by atoms with Crippen LogP contribution in [0, 0.1) is 0 Å². The first-order valence-electron chi connectivity index (χ1n) is 6.34. The fourth-order valence-corrected chi connectivity index (χ4v) is 1.26. The van der Waals surface area contributed by atoms with Gasteiger partial charge in [-0.2, -0.15) is 0 Å². The number of alkyl halides is 3. The van der Waals surface area contributed by atoms with E-state index < -0.39 is 0 Å². The monoisotopic (exact) mass is 520 g/mol. The van der Waals surface area contributed by atoms with Crippen LogP contribution in [0.4, 0.5) is 0 Å². The second-order valence-electron chi connectivity index (χ2n) is 3.56. The molecule has 0 saturated carbocycles. The van der Waals surface area contributed by atoms with Gasteiger partial charge in [0.25, 0.3) is 0 Å². The number of halogens is 3. The van der Waals surface area contributed by atoms with Gasteiger partial charge in [-0.25, -0.2) is 0 Å². The minimum atomic E-state index is 0. The van der Waals surface area contributed by atoms with Crippen molar-refractivity contribution in [3.8, 4) is 11.5 Å². The topological polar surface area (TPSA) is 59.5 Å². The molecule has 2 aromatic rings. The van der Waals surface area contributed by atoms with Gasteiger partial charge in [-0.3, -0.25) is 0 Å². The Hall–Kier alpha value is 0.440. The summed E-state index contributed by atoms with van der Waals surface area (Å²) in [5.41, 5.74) is 0. The number of aromatic hydroxyl groups is 1. The molecule has 0 spiro atoms. The van der Waals surface area contributed by atoms with Crippen molar-refractivity contribution in [1.29, 1.82) is 0 Å². The van der Waals surface area contributed by atoms with E-state index in [-0.39, 0.29) is 35.0 Å². The summed E-state index contributed by atoms with van der Waals surface area (Å²) in [6, 6.07) is 18.5. The van der Waals surface area contributed by atoms with E-state index in [0.29, 0.717) is 5.75 Å².